The highest BCUT2D eigenvalue weighted by Gasteiger charge is 2.34. The van der Waals surface area contributed by atoms with Crippen molar-refractivity contribution in [1.82, 2.24) is 9.80 Å². The standard InChI is InChI=1S/C29H31FN2O5S/c1-3-19(2)15-31(29(34)20-8-9-25-26(14-20)37-18-36-25)16-28(33)32-12-10-27-21(11-13-38-27)23(32)17-35-24-7-5-4-6-22(24)30/h4-9,11,13-14,19,23H,3,10,12,15-18H2,1-2H3/t19-,23+/m1/s1. The fourth-order valence-corrected chi connectivity index (χ4v) is 5.72. The lowest BCUT2D eigenvalue weighted by Crippen LogP contribution is -2.48. The summed E-state index contributed by atoms with van der Waals surface area (Å²) in [4.78, 5) is 32.0. The Bertz CT molecular complexity index is 1310. The molecule has 0 unspecified atom stereocenters. The van der Waals surface area contributed by atoms with E-state index in [4.69, 9.17) is 14.2 Å². The minimum Gasteiger partial charge on any atom is -0.488 e. The molecule has 2 aromatic carbocycles. The van der Waals surface area contributed by atoms with E-state index in [2.05, 4.69) is 13.8 Å². The van der Waals surface area contributed by atoms with Crippen LogP contribution >= 0.6 is 11.3 Å². The number of hydrogen-bond donors (Lipinski definition) is 0. The Morgan fingerprint density at radius 1 is 1.18 bits per heavy atom. The fraction of sp³-hybridized carbons (Fsp3) is 0.379. The minimum atomic E-state index is -0.444. The second kappa shape index (κ2) is 11.4. The van der Waals surface area contributed by atoms with Crippen LogP contribution in [0.15, 0.2) is 53.9 Å². The Kier molecular flexibility index (Phi) is 7.83. The Morgan fingerprint density at radius 3 is 2.82 bits per heavy atom. The highest BCUT2D eigenvalue weighted by atomic mass is 32.1. The van der Waals surface area contributed by atoms with E-state index in [0.29, 0.717) is 30.2 Å². The van der Waals surface area contributed by atoms with Crippen molar-refractivity contribution in [3.05, 3.63) is 75.7 Å². The molecule has 0 spiro atoms. The van der Waals surface area contributed by atoms with E-state index in [1.807, 2.05) is 11.4 Å². The largest absolute Gasteiger partial charge is 0.488 e. The number of nitrogens with zero attached hydrogens (tertiary/aromatic N) is 2. The highest BCUT2D eigenvalue weighted by molar-refractivity contribution is 7.10. The molecule has 0 aliphatic carbocycles. The van der Waals surface area contributed by atoms with E-state index < -0.39 is 5.82 Å². The number of rotatable bonds is 9. The van der Waals surface area contributed by atoms with Crippen molar-refractivity contribution in [2.45, 2.75) is 32.7 Å². The summed E-state index contributed by atoms with van der Waals surface area (Å²) in [7, 11) is 0. The molecule has 3 aromatic rings. The molecule has 0 fully saturated rings. The first-order chi connectivity index (χ1) is 18.4. The van der Waals surface area contributed by atoms with Gasteiger partial charge in [-0.2, -0.15) is 0 Å². The number of halogens is 1. The van der Waals surface area contributed by atoms with Crippen molar-refractivity contribution in [2.24, 2.45) is 5.92 Å². The number of amides is 2. The molecule has 0 N–H and O–H groups in total. The molecule has 3 heterocycles. The third kappa shape index (κ3) is 5.48. The Hall–Kier alpha value is -3.59. The summed E-state index contributed by atoms with van der Waals surface area (Å²) < 4.78 is 30.9. The van der Waals surface area contributed by atoms with Gasteiger partial charge in [0.2, 0.25) is 12.7 Å². The van der Waals surface area contributed by atoms with Gasteiger partial charge in [-0.1, -0.05) is 32.4 Å². The van der Waals surface area contributed by atoms with Crippen LogP contribution in [0, 0.1) is 11.7 Å². The molecule has 2 aliphatic heterocycles. The second-order valence-electron chi connectivity index (χ2n) is 9.66. The van der Waals surface area contributed by atoms with E-state index in [1.165, 1.54) is 10.9 Å². The molecule has 0 radical (unpaired) electrons. The molecule has 9 heteroatoms. The molecule has 1 aromatic heterocycles. The van der Waals surface area contributed by atoms with Crippen molar-refractivity contribution < 1.29 is 28.2 Å². The molecule has 200 valence electrons. The highest BCUT2D eigenvalue weighted by Crippen LogP contribution is 2.35. The quantitative estimate of drug-likeness (QED) is 0.370. The molecule has 0 saturated carbocycles. The first-order valence-corrected chi connectivity index (χ1v) is 13.7. The smallest absolute Gasteiger partial charge is 0.254 e. The molecule has 38 heavy (non-hydrogen) atoms. The molecule has 2 atom stereocenters. The van der Waals surface area contributed by atoms with Crippen molar-refractivity contribution >= 4 is 23.2 Å². The fourth-order valence-electron chi connectivity index (χ4n) is 4.80. The summed E-state index contributed by atoms with van der Waals surface area (Å²) >= 11 is 1.65. The molecule has 0 saturated heterocycles. The molecular formula is C29H31FN2O5S. The van der Waals surface area contributed by atoms with E-state index in [1.54, 1.807) is 57.5 Å². The predicted molar refractivity (Wildman–Crippen MR) is 142 cm³/mol. The lowest BCUT2D eigenvalue weighted by atomic mass is 10.00. The zero-order valence-corrected chi connectivity index (χ0v) is 22.3. The number of fused-ring (bicyclic) bond motifs is 2. The maximum absolute atomic E-state index is 14.2. The van der Waals surface area contributed by atoms with Crippen LogP contribution in [0.5, 0.6) is 17.2 Å². The summed E-state index contributed by atoms with van der Waals surface area (Å²) in [5.74, 6) is 0.650. The van der Waals surface area contributed by atoms with E-state index in [-0.39, 0.29) is 49.5 Å². The normalized spacial score (nSPS) is 16.6. The van der Waals surface area contributed by atoms with Gasteiger partial charge in [0.05, 0.1) is 6.04 Å². The first kappa shape index (κ1) is 26.0. The van der Waals surface area contributed by atoms with Gasteiger partial charge < -0.3 is 24.0 Å². The van der Waals surface area contributed by atoms with Crippen molar-refractivity contribution in [1.29, 1.82) is 0 Å². The van der Waals surface area contributed by atoms with E-state index in [9.17, 15) is 14.0 Å². The number of ether oxygens (including phenoxy) is 3. The van der Waals surface area contributed by atoms with Crippen LogP contribution in [0.4, 0.5) is 4.39 Å². The molecule has 5 rings (SSSR count). The van der Waals surface area contributed by atoms with Gasteiger partial charge in [-0.3, -0.25) is 9.59 Å². The van der Waals surface area contributed by atoms with Crippen LogP contribution in [0.25, 0.3) is 0 Å². The predicted octanol–water partition coefficient (Wildman–Crippen LogP) is 5.31. The molecule has 7 nitrogen and oxygen atoms in total. The van der Waals surface area contributed by atoms with Crippen LogP contribution in [0.2, 0.25) is 0 Å². The number of carbonyl (C=O) groups is 2. The van der Waals surface area contributed by atoms with Gasteiger partial charge in [0.25, 0.3) is 5.91 Å². The molecular weight excluding hydrogens is 507 g/mol. The number of hydrogen-bond acceptors (Lipinski definition) is 6. The van der Waals surface area contributed by atoms with Gasteiger partial charge in [-0.25, -0.2) is 4.39 Å². The van der Waals surface area contributed by atoms with Crippen molar-refractivity contribution in [3.8, 4) is 17.2 Å². The van der Waals surface area contributed by atoms with Crippen LogP contribution in [-0.4, -0.2) is 54.6 Å². The average molecular weight is 539 g/mol. The summed E-state index contributed by atoms with van der Waals surface area (Å²) in [5.41, 5.74) is 1.46. The monoisotopic (exact) mass is 538 g/mol. The zero-order chi connectivity index (χ0) is 26.6. The van der Waals surface area contributed by atoms with Crippen LogP contribution in [0.3, 0.4) is 0 Å². The lowest BCUT2D eigenvalue weighted by molar-refractivity contribution is -0.135. The summed E-state index contributed by atoms with van der Waals surface area (Å²) in [6.07, 6.45) is 1.61. The second-order valence-corrected chi connectivity index (χ2v) is 10.7. The maximum atomic E-state index is 14.2. The molecule has 0 bridgehead atoms. The van der Waals surface area contributed by atoms with Crippen molar-refractivity contribution in [2.75, 3.05) is 33.0 Å². The van der Waals surface area contributed by atoms with Crippen molar-refractivity contribution in [3.63, 3.8) is 0 Å². The molecule has 2 amide bonds. The Morgan fingerprint density at radius 2 is 2.00 bits per heavy atom. The van der Waals surface area contributed by atoms with Crippen LogP contribution in [0.1, 0.15) is 47.1 Å². The SMILES string of the molecule is CC[C@@H](C)CN(CC(=O)N1CCc2sccc2[C@@H]1COc1ccccc1F)C(=O)c1ccc2c(c1)OCO2. The third-order valence-corrected chi connectivity index (χ3v) is 8.11. The number of para-hydroxylation sites is 1. The van der Waals surface area contributed by atoms with Gasteiger partial charge in [-0.15, -0.1) is 11.3 Å². The van der Waals surface area contributed by atoms with Crippen LogP contribution in [-0.2, 0) is 11.2 Å². The zero-order valence-electron chi connectivity index (χ0n) is 21.5. The van der Waals surface area contributed by atoms with E-state index in [0.717, 1.165) is 18.4 Å². The number of carbonyl (C=O) groups excluding carboxylic acids is 2. The van der Waals surface area contributed by atoms with Crippen LogP contribution < -0.4 is 14.2 Å². The molecule has 2 aliphatic rings. The maximum Gasteiger partial charge on any atom is 0.254 e. The van der Waals surface area contributed by atoms with Gasteiger partial charge in [-0.05, 0) is 59.7 Å². The third-order valence-electron chi connectivity index (χ3n) is 7.11. The Labute approximate surface area is 225 Å². The minimum absolute atomic E-state index is 0.0622. The van der Waals surface area contributed by atoms with Gasteiger partial charge in [0.15, 0.2) is 23.1 Å². The number of benzene rings is 2. The topological polar surface area (TPSA) is 68.3 Å². The summed E-state index contributed by atoms with van der Waals surface area (Å²) in [5, 5.41) is 2.01. The first-order valence-electron chi connectivity index (χ1n) is 12.9. The number of thiophene rings is 1. The lowest BCUT2D eigenvalue weighted by Gasteiger charge is -2.37. The van der Waals surface area contributed by atoms with Gasteiger partial charge >= 0.3 is 0 Å². The van der Waals surface area contributed by atoms with E-state index >= 15 is 0 Å². The average Bonchev–Trinajstić information content (AvgIpc) is 3.60. The van der Waals surface area contributed by atoms with Gasteiger partial charge in [0.1, 0.15) is 13.2 Å². The Balaban J connectivity index is 1.36. The summed E-state index contributed by atoms with van der Waals surface area (Å²) in [6, 6.07) is 13.0. The van der Waals surface area contributed by atoms with Gasteiger partial charge in [0, 0.05) is 23.5 Å². The summed E-state index contributed by atoms with van der Waals surface area (Å²) in [6.45, 7) is 5.27.